The maximum atomic E-state index is 10.5. The van der Waals surface area contributed by atoms with Crippen LogP contribution >= 0.6 is 35.6 Å². The molecule has 24 heavy (non-hydrogen) atoms. The van der Waals surface area contributed by atoms with E-state index in [0.717, 1.165) is 5.69 Å². The second-order valence-electron chi connectivity index (χ2n) is 5.77. The highest BCUT2D eigenvalue weighted by Gasteiger charge is 2.26. The van der Waals surface area contributed by atoms with Crippen LogP contribution in [0.1, 0.15) is 18.4 Å². The highest BCUT2D eigenvalue weighted by molar-refractivity contribution is 14.0. The largest absolute Gasteiger partial charge is 0.466 e. The van der Waals surface area contributed by atoms with E-state index < -0.39 is 5.60 Å². The number of guanidine groups is 1. The van der Waals surface area contributed by atoms with Gasteiger partial charge in [-0.15, -0.1) is 24.0 Å². The summed E-state index contributed by atoms with van der Waals surface area (Å²) in [5.74, 6) is 1.19. The topological polar surface area (TPSA) is 65.9 Å². The molecular formula is C16H24ClIN4O2. The molecular weight excluding hydrogens is 443 g/mol. The van der Waals surface area contributed by atoms with Crippen LogP contribution in [0.25, 0.3) is 0 Å². The van der Waals surface area contributed by atoms with Crippen LogP contribution < -0.4 is 5.32 Å². The van der Waals surface area contributed by atoms with Crippen molar-refractivity contribution in [2.24, 2.45) is 12.0 Å². The van der Waals surface area contributed by atoms with E-state index >= 15 is 0 Å². The van der Waals surface area contributed by atoms with Gasteiger partial charge in [0.05, 0.1) is 24.4 Å². The van der Waals surface area contributed by atoms with Crippen molar-refractivity contribution < 1.29 is 9.52 Å². The first-order valence-corrected chi connectivity index (χ1v) is 7.70. The molecule has 1 unspecified atom stereocenters. The lowest BCUT2D eigenvalue weighted by atomic mass is 10.0. The number of nitrogens with zero attached hydrogens (tertiary/aromatic N) is 3. The van der Waals surface area contributed by atoms with Crippen molar-refractivity contribution in [1.29, 1.82) is 0 Å². The molecule has 0 spiro atoms. The molecule has 2 aromatic rings. The van der Waals surface area contributed by atoms with Gasteiger partial charge in [0, 0.05) is 33.0 Å². The molecule has 2 aromatic heterocycles. The SMILES string of the molecule is CN=C(NCC(C)(O)c1ccco1)N(C)Cc1cc(Cl)cn1C.I. The number of hydrogen-bond donors (Lipinski definition) is 2. The Morgan fingerprint density at radius 2 is 2.25 bits per heavy atom. The Morgan fingerprint density at radius 1 is 1.54 bits per heavy atom. The van der Waals surface area contributed by atoms with E-state index in [4.69, 9.17) is 16.0 Å². The molecule has 0 radical (unpaired) electrons. The summed E-state index contributed by atoms with van der Waals surface area (Å²) in [7, 11) is 5.59. The van der Waals surface area contributed by atoms with Gasteiger partial charge in [-0.2, -0.15) is 0 Å². The molecule has 2 N–H and O–H groups in total. The third kappa shape index (κ3) is 5.15. The third-order valence-corrected chi connectivity index (χ3v) is 3.90. The average molecular weight is 467 g/mol. The van der Waals surface area contributed by atoms with Gasteiger partial charge in [-0.1, -0.05) is 11.6 Å². The quantitative estimate of drug-likeness (QED) is 0.404. The van der Waals surface area contributed by atoms with Gasteiger partial charge >= 0.3 is 0 Å². The summed E-state index contributed by atoms with van der Waals surface area (Å²) in [6, 6.07) is 5.42. The molecule has 0 aliphatic rings. The van der Waals surface area contributed by atoms with Crippen molar-refractivity contribution in [1.82, 2.24) is 14.8 Å². The van der Waals surface area contributed by atoms with Gasteiger partial charge in [-0.25, -0.2) is 0 Å². The zero-order chi connectivity index (χ0) is 17.0. The van der Waals surface area contributed by atoms with Crippen LogP contribution in [-0.2, 0) is 19.2 Å². The molecule has 0 bridgehead atoms. The number of furan rings is 1. The fraction of sp³-hybridized carbons (Fsp3) is 0.438. The molecule has 0 amide bonds. The van der Waals surface area contributed by atoms with E-state index in [1.54, 1.807) is 32.4 Å². The number of nitrogens with one attached hydrogen (secondary N) is 1. The van der Waals surface area contributed by atoms with E-state index in [9.17, 15) is 5.11 Å². The highest BCUT2D eigenvalue weighted by atomic mass is 127. The molecule has 0 saturated carbocycles. The predicted octanol–water partition coefficient (Wildman–Crippen LogP) is 2.80. The standard InChI is InChI=1S/C16H23ClN4O2.HI/c1-16(22,14-6-5-7-23-14)11-19-15(18-2)21(4)10-13-8-12(17)9-20(13)3;/h5-9,22H,10-11H2,1-4H3,(H,18,19);1H. The highest BCUT2D eigenvalue weighted by Crippen LogP contribution is 2.20. The van der Waals surface area contributed by atoms with Gasteiger partial charge in [0.25, 0.3) is 0 Å². The Bertz CT molecular complexity index is 668. The predicted molar refractivity (Wildman–Crippen MR) is 107 cm³/mol. The fourth-order valence-corrected chi connectivity index (χ4v) is 2.62. The summed E-state index contributed by atoms with van der Waals surface area (Å²) in [5, 5.41) is 14.4. The number of aromatic nitrogens is 1. The summed E-state index contributed by atoms with van der Waals surface area (Å²) in [6.45, 7) is 2.63. The summed E-state index contributed by atoms with van der Waals surface area (Å²) < 4.78 is 7.25. The molecule has 0 saturated heterocycles. The zero-order valence-electron chi connectivity index (χ0n) is 14.3. The monoisotopic (exact) mass is 466 g/mol. The van der Waals surface area contributed by atoms with Crippen LogP contribution in [0.15, 0.2) is 40.1 Å². The van der Waals surface area contributed by atoms with Crippen molar-refractivity contribution in [3.63, 3.8) is 0 Å². The maximum Gasteiger partial charge on any atom is 0.193 e. The van der Waals surface area contributed by atoms with Crippen LogP contribution in [0, 0.1) is 0 Å². The van der Waals surface area contributed by atoms with E-state index in [0.29, 0.717) is 23.3 Å². The van der Waals surface area contributed by atoms with Crippen LogP contribution in [0.4, 0.5) is 0 Å². The van der Waals surface area contributed by atoms with Crippen LogP contribution in [0.3, 0.4) is 0 Å². The van der Waals surface area contributed by atoms with E-state index in [1.807, 2.05) is 35.8 Å². The first-order valence-electron chi connectivity index (χ1n) is 7.32. The summed E-state index contributed by atoms with van der Waals surface area (Å²) in [4.78, 5) is 6.21. The molecule has 8 heteroatoms. The molecule has 0 fully saturated rings. The van der Waals surface area contributed by atoms with Gasteiger partial charge in [0.1, 0.15) is 11.4 Å². The first kappa shape index (κ1) is 20.9. The van der Waals surface area contributed by atoms with E-state index in [-0.39, 0.29) is 30.5 Å². The van der Waals surface area contributed by atoms with Crippen molar-refractivity contribution in [3.8, 4) is 0 Å². The number of aliphatic hydroxyl groups is 1. The van der Waals surface area contributed by atoms with Gasteiger partial charge in [0.15, 0.2) is 5.96 Å². The average Bonchev–Trinajstić information content (AvgIpc) is 3.10. The molecule has 0 aliphatic carbocycles. The molecule has 134 valence electrons. The van der Waals surface area contributed by atoms with E-state index in [2.05, 4.69) is 10.3 Å². The minimum atomic E-state index is -1.12. The Hall–Kier alpha value is -1.19. The first-order chi connectivity index (χ1) is 10.8. The maximum absolute atomic E-state index is 10.5. The smallest absolute Gasteiger partial charge is 0.193 e. The number of rotatable bonds is 5. The minimum Gasteiger partial charge on any atom is -0.466 e. The van der Waals surface area contributed by atoms with Gasteiger partial charge in [-0.3, -0.25) is 4.99 Å². The molecule has 0 aromatic carbocycles. The summed E-state index contributed by atoms with van der Waals surface area (Å²) in [5.41, 5.74) is -0.0487. The molecule has 2 heterocycles. The van der Waals surface area contributed by atoms with E-state index in [1.165, 1.54) is 0 Å². The third-order valence-electron chi connectivity index (χ3n) is 3.69. The van der Waals surface area contributed by atoms with Crippen LogP contribution in [-0.4, -0.2) is 41.2 Å². The van der Waals surface area contributed by atoms with Crippen molar-refractivity contribution in [3.05, 3.63) is 47.1 Å². The van der Waals surface area contributed by atoms with Crippen molar-refractivity contribution in [2.75, 3.05) is 20.6 Å². The van der Waals surface area contributed by atoms with Crippen molar-refractivity contribution in [2.45, 2.75) is 19.1 Å². The molecule has 0 aliphatic heterocycles. The van der Waals surface area contributed by atoms with Crippen molar-refractivity contribution >= 4 is 41.5 Å². The van der Waals surface area contributed by atoms with Crippen LogP contribution in [0.2, 0.25) is 5.02 Å². The van der Waals surface area contributed by atoms with Gasteiger partial charge < -0.3 is 24.3 Å². The van der Waals surface area contributed by atoms with Gasteiger partial charge in [-0.05, 0) is 25.1 Å². The Balaban J connectivity index is 0.00000288. The lowest BCUT2D eigenvalue weighted by Crippen LogP contribution is -2.45. The Labute approximate surface area is 164 Å². The number of halogens is 2. The second-order valence-corrected chi connectivity index (χ2v) is 6.20. The summed E-state index contributed by atoms with van der Waals surface area (Å²) in [6.07, 6.45) is 3.41. The number of hydrogen-bond acceptors (Lipinski definition) is 3. The Kier molecular flexibility index (Phi) is 7.62. The molecule has 2 rings (SSSR count). The lowest BCUT2D eigenvalue weighted by molar-refractivity contribution is 0.0381. The number of aliphatic imine (C=N–C) groups is 1. The normalized spacial score (nSPS) is 14.0. The van der Waals surface area contributed by atoms with Crippen LogP contribution in [0.5, 0.6) is 0 Å². The second kappa shape index (κ2) is 8.77. The van der Waals surface area contributed by atoms with Gasteiger partial charge in [0.2, 0.25) is 0 Å². The Morgan fingerprint density at radius 3 is 2.75 bits per heavy atom. The zero-order valence-corrected chi connectivity index (χ0v) is 17.4. The summed E-state index contributed by atoms with van der Waals surface area (Å²) >= 11 is 6.01. The fourth-order valence-electron chi connectivity index (χ4n) is 2.35. The molecule has 6 nitrogen and oxygen atoms in total. The number of aryl methyl sites for hydroxylation is 1. The molecule has 1 atom stereocenters. The lowest BCUT2D eigenvalue weighted by Gasteiger charge is -2.26. The minimum absolute atomic E-state index is 0.